The molecule has 1 aromatic carbocycles. The first-order valence-corrected chi connectivity index (χ1v) is 9.43. The lowest BCUT2D eigenvalue weighted by Crippen LogP contribution is -2.40. The Balaban J connectivity index is 1.57. The molecule has 0 unspecified atom stereocenters. The van der Waals surface area contributed by atoms with Crippen LogP contribution in [-0.2, 0) is 10.0 Å². The molecule has 0 bridgehead atoms. The van der Waals surface area contributed by atoms with Crippen LogP contribution in [0.5, 0.6) is 0 Å². The third-order valence-electron chi connectivity index (χ3n) is 4.02. The first-order chi connectivity index (χ1) is 12.3. The van der Waals surface area contributed by atoms with Crippen molar-refractivity contribution in [3.63, 3.8) is 0 Å². The average Bonchev–Trinajstić information content (AvgIpc) is 3.05. The summed E-state index contributed by atoms with van der Waals surface area (Å²) in [6, 6.07) is 8.26. The van der Waals surface area contributed by atoms with Crippen molar-refractivity contribution in [1.29, 1.82) is 0 Å². The van der Waals surface area contributed by atoms with Crippen LogP contribution in [0.15, 0.2) is 47.5 Å². The Morgan fingerprint density at radius 3 is 2.69 bits per heavy atom. The molecule has 8 nitrogen and oxygen atoms in total. The number of amides is 2. The van der Waals surface area contributed by atoms with Crippen molar-refractivity contribution in [3.05, 3.63) is 48.4 Å². The Bertz CT molecular complexity index is 904. The number of urea groups is 1. The van der Waals surface area contributed by atoms with Gasteiger partial charge in [-0.15, -0.1) is 0 Å². The lowest BCUT2D eigenvalue weighted by molar-refractivity contribution is 0.249. The number of rotatable bonds is 4. The molecule has 1 fully saturated rings. The van der Waals surface area contributed by atoms with Gasteiger partial charge in [0.1, 0.15) is 16.5 Å². The van der Waals surface area contributed by atoms with Crippen LogP contribution in [0.4, 0.5) is 20.7 Å². The van der Waals surface area contributed by atoms with Gasteiger partial charge < -0.3 is 15.5 Å². The second-order valence-corrected chi connectivity index (χ2v) is 7.47. The van der Waals surface area contributed by atoms with Gasteiger partial charge in [-0.1, -0.05) is 12.1 Å². The average molecular weight is 379 g/mol. The lowest BCUT2D eigenvalue weighted by atomic mass is 10.2. The zero-order valence-corrected chi connectivity index (χ0v) is 14.5. The number of nitrogens with one attached hydrogen (secondary N) is 2. The van der Waals surface area contributed by atoms with E-state index in [2.05, 4.69) is 15.6 Å². The lowest BCUT2D eigenvalue weighted by Gasteiger charge is -2.18. The molecule has 138 valence electrons. The molecule has 4 N–H and O–H groups in total. The monoisotopic (exact) mass is 379 g/mol. The van der Waals surface area contributed by atoms with E-state index in [1.165, 1.54) is 24.4 Å². The number of nitrogens with two attached hydrogens (primary N) is 1. The number of carbonyl (C=O) groups excluding carboxylic acids is 1. The highest BCUT2D eigenvalue weighted by molar-refractivity contribution is 7.89. The molecule has 0 saturated carbocycles. The van der Waals surface area contributed by atoms with Gasteiger partial charge in [-0.3, -0.25) is 0 Å². The minimum Gasteiger partial charge on any atom is -0.354 e. The molecule has 1 saturated heterocycles. The van der Waals surface area contributed by atoms with E-state index in [4.69, 9.17) is 5.14 Å². The summed E-state index contributed by atoms with van der Waals surface area (Å²) < 4.78 is 36.1. The predicted octanol–water partition coefficient (Wildman–Crippen LogP) is 1.27. The topological polar surface area (TPSA) is 117 Å². The normalized spacial score (nSPS) is 17.2. The van der Waals surface area contributed by atoms with E-state index < -0.39 is 21.9 Å². The van der Waals surface area contributed by atoms with Gasteiger partial charge in [0.15, 0.2) is 0 Å². The van der Waals surface area contributed by atoms with Crippen molar-refractivity contribution in [1.82, 2.24) is 10.3 Å². The van der Waals surface area contributed by atoms with Crippen molar-refractivity contribution in [2.24, 2.45) is 5.14 Å². The number of pyridine rings is 1. The Morgan fingerprint density at radius 1 is 1.27 bits per heavy atom. The first-order valence-electron chi connectivity index (χ1n) is 7.89. The molecule has 1 aliphatic rings. The molecule has 10 heteroatoms. The minimum atomic E-state index is -3.78. The third-order valence-corrected chi connectivity index (χ3v) is 4.92. The second kappa shape index (κ2) is 7.26. The van der Waals surface area contributed by atoms with Crippen LogP contribution in [-0.4, -0.2) is 38.6 Å². The minimum absolute atomic E-state index is 0.0561. The van der Waals surface area contributed by atoms with Gasteiger partial charge in [0.25, 0.3) is 0 Å². The molecule has 1 aliphatic heterocycles. The molecule has 26 heavy (non-hydrogen) atoms. The Labute approximate surface area is 150 Å². The van der Waals surface area contributed by atoms with Crippen LogP contribution >= 0.6 is 0 Å². The number of primary sulfonamides is 1. The van der Waals surface area contributed by atoms with E-state index in [0.29, 0.717) is 25.3 Å². The van der Waals surface area contributed by atoms with E-state index in [1.54, 1.807) is 18.2 Å². The maximum atomic E-state index is 13.6. The largest absolute Gasteiger partial charge is 0.354 e. The third kappa shape index (κ3) is 4.27. The van der Waals surface area contributed by atoms with Crippen LogP contribution in [0.3, 0.4) is 0 Å². The first kappa shape index (κ1) is 18.1. The number of aromatic nitrogens is 1. The molecule has 1 aromatic heterocycles. The molecule has 3 rings (SSSR count). The number of sulfonamides is 1. The van der Waals surface area contributed by atoms with E-state index >= 15 is 0 Å². The molecular formula is C16H18FN5O3S. The zero-order chi connectivity index (χ0) is 18.7. The number of hydrogen-bond donors (Lipinski definition) is 3. The summed E-state index contributed by atoms with van der Waals surface area (Å²) in [4.78, 5) is 18.0. The van der Waals surface area contributed by atoms with Crippen molar-refractivity contribution in [2.75, 3.05) is 23.3 Å². The SMILES string of the molecule is NS(=O)(=O)c1ccc(N2CC[C@H](NC(=O)Nc3ccccc3F)C2)nc1. The number of halogens is 1. The van der Waals surface area contributed by atoms with Gasteiger partial charge in [-0.25, -0.2) is 27.7 Å². The number of nitrogens with zero attached hydrogens (tertiary/aromatic N) is 2. The second-order valence-electron chi connectivity index (χ2n) is 5.91. The maximum absolute atomic E-state index is 13.6. The molecule has 0 aliphatic carbocycles. The summed E-state index contributed by atoms with van der Waals surface area (Å²) in [5, 5.41) is 10.3. The van der Waals surface area contributed by atoms with E-state index in [-0.39, 0.29) is 16.6 Å². The molecule has 2 heterocycles. The number of benzene rings is 1. The molecule has 2 aromatic rings. The van der Waals surface area contributed by atoms with E-state index in [0.717, 1.165) is 0 Å². The van der Waals surface area contributed by atoms with Crippen LogP contribution < -0.4 is 20.7 Å². The van der Waals surface area contributed by atoms with Crippen LogP contribution in [0, 0.1) is 5.82 Å². The Hall–Kier alpha value is -2.72. The smallest absolute Gasteiger partial charge is 0.319 e. The van der Waals surface area contributed by atoms with Crippen LogP contribution in [0.2, 0.25) is 0 Å². The number of hydrogen-bond acceptors (Lipinski definition) is 5. The van der Waals surface area contributed by atoms with Crippen LogP contribution in [0.1, 0.15) is 6.42 Å². The molecule has 0 spiro atoms. The van der Waals surface area contributed by atoms with Gasteiger partial charge >= 0.3 is 6.03 Å². The standard InChI is InChI=1S/C16H18FN5O3S/c17-13-3-1-2-4-14(13)21-16(23)20-11-7-8-22(10-11)15-6-5-12(9-19-15)26(18,24)25/h1-6,9,11H,7-8,10H2,(H2,18,24,25)(H2,20,21,23)/t11-/m0/s1. The number of carbonyl (C=O) groups is 1. The summed E-state index contributed by atoms with van der Waals surface area (Å²) in [7, 11) is -3.78. The summed E-state index contributed by atoms with van der Waals surface area (Å²) in [6.07, 6.45) is 1.89. The van der Waals surface area contributed by atoms with Crippen molar-refractivity contribution in [3.8, 4) is 0 Å². The fourth-order valence-electron chi connectivity index (χ4n) is 2.72. The fourth-order valence-corrected chi connectivity index (χ4v) is 3.18. The molecule has 1 atom stereocenters. The highest BCUT2D eigenvalue weighted by atomic mass is 32.2. The Morgan fingerprint density at radius 2 is 2.04 bits per heavy atom. The van der Waals surface area contributed by atoms with Crippen molar-refractivity contribution >= 4 is 27.6 Å². The highest BCUT2D eigenvalue weighted by Crippen LogP contribution is 2.19. The summed E-state index contributed by atoms with van der Waals surface area (Å²) >= 11 is 0. The fraction of sp³-hybridized carbons (Fsp3) is 0.250. The molecular weight excluding hydrogens is 361 g/mol. The van der Waals surface area contributed by atoms with Gasteiger partial charge in [0, 0.05) is 25.3 Å². The van der Waals surface area contributed by atoms with Crippen molar-refractivity contribution < 1.29 is 17.6 Å². The van der Waals surface area contributed by atoms with Gasteiger partial charge in [-0.05, 0) is 30.7 Å². The Kier molecular flexibility index (Phi) is 5.05. The quantitative estimate of drug-likeness (QED) is 0.739. The zero-order valence-electron chi connectivity index (χ0n) is 13.7. The van der Waals surface area contributed by atoms with Gasteiger partial charge in [0.2, 0.25) is 10.0 Å². The summed E-state index contributed by atoms with van der Waals surface area (Å²) in [5.41, 5.74) is 0.111. The summed E-state index contributed by atoms with van der Waals surface area (Å²) in [6.45, 7) is 1.15. The maximum Gasteiger partial charge on any atom is 0.319 e. The van der Waals surface area contributed by atoms with Gasteiger partial charge in [-0.2, -0.15) is 0 Å². The van der Waals surface area contributed by atoms with Crippen molar-refractivity contribution in [2.45, 2.75) is 17.4 Å². The number of para-hydroxylation sites is 1. The highest BCUT2D eigenvalue weighted by Gasteiger charge is 2.25. The molecule has 2 amide bonds. The predicted molar refractivity (Wildman–Crippen MR) is 94.8 cm³/mol. The summed E-state index contributed by atoms with van der Waals surface area (Å²) in [5.74, 6) is 0.0889. The van der Waals surface area contributed by atoms with Gasteiger partial charge in [0.05, 0.1) is 5.69 Å². The number of anilines is 2. The molecule has 0 radical (unpaired) electrons. The van der Waals surface area contributed by atoms with Crippen LogP contribution in [0.25, 0.3) is 0 Å². The van der Waals surface area contributed by atoms with E-state index in [9.17, 15) is 17.6 Å². The van der Waals surface area contributed by atoms with E-state index in [1.807, 2.05) is 4.90 Å².